The van der Waals surface area contributed by atoms with Crippen LogP contribution < -0.4 is 10.1 Å². The second-order valence-corrected chi connectivity index (χ2v) is 7.36. The molecule has 0 aromatic heterocycles. The first-order chi connectivity index (χ1) is 14.8. The van der Waals surface area contributed by atoms with E-state index in [4.69, 9.17) is 17.0 Å². The van der Waals surface area contributed by atoms with Crippen LogP contribution in [0, 0.1) is 0 Å². The van der Waals surface area contributed by atoms with Gasteiger partial charge in [0.2, 0.25) is 5.91 Å². The molecule has 1 aliphatic rings. The summed E-state index contributed by atoms with van der Waals surface area (Å²) in [6.45, 7) is 0.394. The Kier molecular flexibility index (Phi) is 6.86. The van der Waals surface area contributed by atoms with Crippen molar-refractivity contribution >= 4 is 40.8 Å². The van der Waals surface area contributed by atoms with E-state index < -0.39 is 12.0 Å². The quantitative estimate of drug-likeness (QED) is 0.522. The van der Waals surface area contributed by atoms with Crippen LogP contribution in [0.4, 0.5) is 5.69 Å². The van der Waals surface area contributed by atoms with Gasteiger partial charge in [-0.05, 0) is 54.2 Å². The largest absolute Gasteiger partial charge is 0.497 e. The number of esters is 1. The van der Waals surface area contributed by atoms with Gasteiger partial charge >= 0.3 is 5.97 Å². The minimum atomic E-state index is -0.700. The fourth-order valence-corrected chi connectivity index (χ4v) is 3.56. The second-order valence-electron chi connectivity index (χ2n) is 6.99. The van der Waals surface area contributed by atoms with Crippen LogP contribution in [0.3, 0.4) is 0 Å². The van der Waals surface area contributed by atoms with Gasteiger partial charge in [-0.25, -0.2) is 4.79 Å². The normalized spacial score (nSPS) is 15.8. The molecule has 1 saturated heterocycles. The molecule has 0 bridgehead atoms. The number of anilines is 1. The van der Waals surface area contributed by atoms with Gasteiger partial charge in [-0.2, -0.15) is 0 Å². The first-order valence-electron chi connectivity index (χ1n) is 9.53. The summed E-state index contributed by atoms with van der Waals surface area (Å²) in [6.07, 6.45) is -0.0573. The van der Waals surface area contributed by atoms with Crippen LogP contribution in [0.5, 0.6) is 5.75 Å². The minimum Gasteiger partial charge on any atom is -0.497 e. The molecular weight excluding hydrogens is 418 g/mol. The highest BCUT2D eigenvalue weighted by molar-refractivity contribution is 7.80. The molecule has 2 aromatic carbocycles. The van der Waals surface area contributed by atoms with Crippen LogP contribution in [-0.2, 0) is 20.9 Å². The maximum atomic E-state index is 12.7. The maximum Gasteiger partial charge on any atom is 0.337 e. The zero-order valence-electron chi connectivity index (χ0n) is 17.5. The number of carbonyl (C=O) groups excluding carboxylic acids is 3. The smallest absolute Gasteiger partial charge is 0.337 e. The fraction of sp³-hybridized carbons (Fsp3) is 0.273. The van der Waals surface area contributed by atoms with Gasteiger partial charge in [0, 0.05) is 19.3 Å². The summed E-state index contributed by atoms with van der Waals surface area (Å²) >= 11 is 5.43. The second kappa shape index (κ2) is 9.57. The molecule has 0 aliphatic carbocycles. The van der Waals surface area contributed by atoms with Crippen molar-refractivity contribution in [3.63, 3.8) is 0 Å². The van der Waals surface area contributed by atoms with Crippen LogP contribution in [0.1, 0.15) is 22.3 Å². The van der Waals surface area contributed by atoms with Crippen molar-refractivity contribution in [2.75, 3.05) is 26.6 Å². The molecule has 2 amide bonds. The average Bonchev–Trinajstić information content (AvgIpc) is 2.98. The van der Waals surface area contributed by atoms with E-state index in [1.165, 1.54) is 12.0 Å². The molecule has 0 spiro atoms. The SMILES string of the molecule is COC(=O)c1ccc(NC(=O)CC2C(=O)N(C)C(=S)N2Cc2ccc(OC)cc2)cc1. The Labute approximate surface area is 185 Å². The highest BCUT2D eigenvalue weighted by atomic mass is 32.1. The monoisotopic (exact) mass is 441 g/mol. The van der Waals surface area contributed by atoms with Crippen LogP contribution in [0.2, 0.25) is 0 Å². The molecule has 1 fully saturated rings. The van der Waals surface area contributed by atoms with Gasteiger partial charge in [-0.3, -0.25) is 14.5 Å². The van der Waals surface area contributed by atoms with Gasteiger partial charge in [0.1, 0.15) is 11.8 Å². The Morgan fingerprint density at radius 2 is 1.71 bits per heavy atom. The van der Waals surface area contributed by atoms with Gasteiger partial charge in [0.15, 0.2) is 5.11 Å². The summed E-state index contributed by atoms with van der Waals surface area (Å²) in [5.74, 6) is -0.285. The molecular formula is C22H23N3O5S. The summed E-state index contributed by atoms with van der Waals surface area (Å²) in [7, 11) is 4.50. The number of carbonyl (C=O) groups is 3. The number of hydrogen-bond donors (Lipinski definition) is 1. The van der Waals surface area contributed by atoms with E-state index in [9.17, 15) is 14.4 Å². The highest BCUT2D eigenvalue weighted by Crippen LogP contribution is 2.24. The van der Waals surface area contributed by atoms with Gasteiger partial charge in [0.05, 0.1) is 26.2 Å². The molecule has 8 nitrogen and oxygen atoms in total. The molecule has 31 heavy (non-hydrogen) atoms. The molecule has 2 aromatic rings. The van der Waals surface area contributed by atoms with Crippen LogP contribution in [-0.4, -0.2) is 60.0 Å². The first-order valence-corrected chi connectivity index (χ1v) is 9.94. The van der Waals surface area contributed by atoms with Gasteiger partial charge in [0.25, 0.3) is 5.91 Å². The number of hydrogen-bond acceptors (Lipinski definition) is 6. The van der Waals surface area contributed by atoms with E-state index >= 15 is 0 Å². The Balaban J connectivity index is 1.69. The highest BCUT2D eigenvalue weighted by Gasteiger charge is 2.41. The number of benzene rings is 2. The number of amides is 2. The molecule has 1 atom stereocenters. The summed E-state index contributed by atoms with van der Waals surface area (Å²) in [5.41, 5.74) is 1.83. The van der Waals surface area contributed by atoms with Crippen molar-refractivity contribution in [1.82, 2.24) is 9.80 Å². The maximum absolute atomic E-state index is 12.7. The topological polar surface area (TPSA) is 88.2 Å². The summed E-state index contributed by atoms with van der Waals surface area (Å²) < 4.78 is 9.83. The Morgan fingerprint density at radius 1 is 1.06 bits per heavy atom. The van der Waals surface area contributed by atoms with E-state index in [0.717, 1.165) is 11.3 Å². The third-order valence-corrected chi connectivity index (χ3v) is 5.51. The molecule has 9 heteroatoms. The molecule has 1 N–H and O–H groups in total. The van der Waals surface area contributed by atoms with Crippen molar-refractivity contribution in [3.05, 3.63) is 59.7 Å². The lowest BCUT2D eigenvalue weighted by Crippen LogP contribution is -2.37. The van der Waals surface area contributed by atoms with E-state index in [1.54, 1.807) is 43.3 Å². The van der Waals surface area contributed by atoms with Gasteiger partial charge in [-0.1, -0.05) is 12.1 Å². The zero-order chi connectivity index (χ0) is 22.5. The van der Waals surface area contributed by atoms with E-state index in [0.29, 0.717) is 22.9 Å². The van der Waals surface area contributed by atoms with Crippen molar-refractivity contribution in [2.24, 2.45) is 0 Å². The van der Waals surface area contributed by atoms with Gasteiger partial charge < -0.3 is 19.7 Å². The first kappa shape index (κ1) is 22.2. The number of thiocarbonyl (C=S) groups is 1. The lowest BCUT2D eigenvalue weighted by molar-refractivity contribution is -0.130. The number of nitrogens with one attached hydrogen (secondary N) is 1. The Bertz CT molecular complexity index is 991. The van der Waals surface area contributed by atoms with E-state index in [-0.39, 0.29) is 18.2 Å². The van der Waals surface area contributed by atoms with Crippen molar-refractivity contribution in [2.45, 2.75) is 19.0 Å². The Hall–Kier alpha value is -3.46. The number of nitrogens with zero attached hydrogens (tertiary/aromatic N) is 2. The lowest BCUT2D eigenvalue weighted by atomic mass is 10.1. The molecule has 162 valence electrons. The van der Waals surface area contributed by atoms with E-state index in [2.05, 4.69) is 10.1 Å². The van der Waals surface area contributed by atoms with E-state index in [1.807, 2.05) is 24.3 Å². The standard InChI is InChI=1S/C22H23N3O5S/c1-24-20(27)18(25(22(24)31)13-14-4-10-17(29-2)11-5-14)12-19(26)23-16-8-6-15(7-9-16)21(28)30-3/h4-11,18H,12-13H2,1-3H3,(H,23,26). The predicted molar refractivity (Wildman–Crippen MR) is 119 cm³/mol. The average molecular weight is 442 g/mol. The summed E-state index contributed by atoms with van der Waals surface area (Å²) in [5, 5.41) is 3.13. The van der Waals surface area contributed by atoms with Crippen LogP contribution in [0.15, 0.2) is 48.5 Å². The minimum absolute atomic E-state index is 0.0573. The number of methoxy groups -OCH3 is 2. The van der Waals surface area contributed by atoms with Crippen molar-refractivity contribution in [1.29, 1.82) is 0 Å². The lowest BCUT2D eigenvalue weighted by Gasteiger charge is -2.23. The zero-order valence-corrected chi connectivity index (χ0v) is 18.3. The molecule has 0 radical (unpaired) electrons. The predicted octanol–water partition coefficient (Wildman–Crippen LogP) is 2.44. The van der Waals surface area contributed by atoms with Gasteiger partial charge in [-0.15, -0.1) is 0 Å². The van der Waals surface area contributed by atoms with Crippen LogP contribution in [0.25, 0.3) is 0 Å². The fourth-order valence-electron chi connectivity index (χ4n) is 3.28. The van der Waals surface area contributed by atoms with Crippen molar-refractivity contribution < 1.29 is 23.9 Å². The van der Waals surface area contributed by atoms with Crippen molar-refractivity contribution in [3.8, 4) is 5.75 Å². The summed E-state index contributed by atoms with van der Waals surface area (Å²) in [6, 6.07) is 13.1. The molecule has 1 unspecified atom stereocenters. The van der Waals surface area contributed by atoms with Crippen LogP contribution >= 0.6 is 12.2 Å². The number of likely N-dealkylation sites (N-methyl/N-ethyl adjacent to an activating group) is 1. The number of ether oxygens (including phenoxy) is 2. The summed E-state index contributed by atoms with van der Waals surface area (Å²) in [4.78, 5) is 40.0. The third kappa shape index (κ3) is 5.00. The molecule has 1 heterocycles. The Morgan fingerprint density at radius 3 is 2.29 bits per heavy atom. The third-order valence-electron chi connectivity index (χ3n) is 5.00. The molecule has 0 saturated carbocycles. The number of rotatable bonds is 7. The molecule has 1 aliphatic heterocycles. The molecule has 3 rings (SSSR count).